The number of hydrogen-bond donors (Lipinski definition) is 1. The van der Waals surface area contributed by atoms with Crippen molar-refractivity contribution in [1.29, 1.82) is 0 Å². The first-order chi connectivity index (χ1) is 10.1. The summed E-state index contributed by atoms with van der Waals surface area (Å²) in [5, 5.41) is 9.42. The van der Waals surface area contributed by atoms with Gasteiger partial charge in [-0.2, -0.15) is 0 Å². The number of carbonyl (C=O) groups is 2. The van der Waals surface area contributed by atoms with E-state index in [1.54, 1.807) is 18.2 Å². The minimum Gasteiger partial charge on any atom is -0.508 e. The smallest absolute Gasteiger partial charge is 0.220 e. The lowest BCUT2D eigenvalue weighted by atomic mass is 9.85. The molecule has 21 heavy (non-hydrogen) atoms. The normalized spacial score (nSPS) is 21.1. The Balaban J connectivity index is 1.85. The van der Waals surface area contributed by atoms with Crippen LogP contribution in [0, 0.1) is 5.92 Å². The van der Waals surface area contributed by atoms with Crippen LogP contribution in [0.4, 0.5) is 0 Å². The number of ether oxygens (including phenoxy) is 2. The maximum absolute atomic E-state index is 12.1. The van der Waals surface area contributed by atoms with Gasteiger partial charge in [-0.1, -0.05) is 6.07 Å². The van der Waals surface area contributed by atoms with Gasteiger partial charge in [0.1, 0.15) is 11.5 Å². The average Bonchev–Trinajstić information content (AvgIpc) is 2.48. The Labute approximate surface area is 121 Å². The van der Waals surface area contributed by atoms with Crippen LogP contribution in [0.1, 0.15) is 5.56 Å². The number of rotatable bonds is 2. The third-order valence-electron chi connectivity index (χ3n) is 3.69. The highest BCUT2D eigenvalue weighted by atomic mass is 16.5. The number of phenols is 1. The van der Waals surface area contributed by atoms with Gasteiger partial charge < -0.3 is 14.6 Å². The molecule has 5 heteroatoms. The molecule has 1 aliphatic carbocycles. The van der Waals surface area contributed by atoms with Crippen molar-refractivity contribution < 1.29 is 24.2 Å². The van der Waals surface area contributed by atoms with Gasteiger partial charge in [0.15, 0.2) is 11.5 Å². The van der Waals surface area contributed by atoms with Crippen molar-refractivity contribution >= 4 is 11.6 Å². The van der Waals surface area contributed by atoms with Gasteiger partial charge in [-0.25, -0.2) is 0 Å². The summed E-state index contributed by atoms with van der Waals surface area (Å²) in [6.07, 6.45) is 3.15. The van der Waals surface area contributed by atoms with E-state index < -0.39 is 0 Å². The van der Waals surface area contributed by atoms with E-state index in [9.17, 15) is 14.7 Å². The number of aromatic hydroxyl groups is 1. The van der Waals surface area contributed by atoms with Gasteiger partial charge in [-0.05, 0) is 24.1 Å². The third-order valence-corrected chi connectivity index (χ3v) is 3.69. The number of phenolic OH excluding ortho intramolecular Hbond substituents is 1. The van der Waals surface area contributed by atoms with Crippen LogP contribution >= 0.6 is 0 Å². The van der Waals surface area contributed by atoms with E-state index in [1.165, 1.54) is 19.3 Å². The van der Waals surface area contributed by atoms with Crippen molar-refractivity contribution in [2.75, 3.05) is 13.7 Å². The molecule has 0 radical (unpaired) electrons. The fourth-order valence-corrected chi connectivity index (χ4v) is 2.60. The molecule has 1 aromatic carbocycles. The topological polar surface area (TPSA) is 72.8 Å². The van der Waals surface area contributed by atoms with Crippen molar-refractivity contribution in [2.45, 2.75) is 6.42 Å². The van der Waals surface area contributed by atoms with E-state index in [-0.39, 0.29) is 29.0 Å². The summed E-state index contributed by atoms with van der Waals surface area (Å²) in [4.78, 5) is 23.9. The van der Waals surface area contributed by atoms with Crippen LogP contribution in [-0.2, 0) is 20.7 Å². The first-order valence-corrected chi connectivity index (χ1v) is 6.59. The molecule has 1 heterocycles. The highest BCUT2D eigenvalue weighted by Gasteiger charge is 2.30. The molecular weight excluding hydrogens is 272 g/mol. The lowest BCUT2D eigenvalue weighted by Crippen LogP contribution is -2.28. The second-order valence-electron chi connectivity index (χ2n) is 5.04. The monoisotopic (exact) mass is 286 g/mol. The molecule has 0 amide bonds. The van der Waals surface area contributed by atoms with Crippen LogP contribution in [-0.4, -0.2) is 30.4 Å². The van der Waals surface area contributed by atoms with E-state index in [4.69, 9.17) is 9.47 Å². The van der Waals surface area contributed by atoms with Gasteiger partial charge in [0, 0.05) is 23.6 Å². The maximum atomic E-state index is 12.1. The number of fused-ring (bicyclic) bond motifs is 1. The molecule has 2 aliphatic rings. The summed E-state index contributed by atoms with van der Waals surface area (Å²) >= 11 is 0. The second kappa shape index (κ2) is 5.09. The van der Waals surface area contributed by atoms with Crippen LogP contribution in [0.25, 0.3) is 0 Å². The summed E-state index contributed by atoms with van der Waals surface area (Å²) in [6, 6.07) is 4.90. The van der Waals surface area contributed by atoms with Crippen LogP contribution < -0.4 is 4.74 Å². The maximum Gasteiger partial charge on any atom is 0.220 e. The number of benzene rings is 1. The molecule has 0 saturated carbocycles. The first-order valence-electron chi connectivity index (χ1n) is 6.59. The van der Waals surface area contributed by atoms with E-state index in [0.717, 1.165) is 5.56 Å². The van der Waals surface area contributed by atoms with E-state index in [0.29, 0.717) is 24.4 Å². The summed E-state index contributed by atoms with van der Waals surface area (Å²) in [7, 11) is 1.36. The predicted molar refractivity (Wildman–Crippen MR) is 74.0 cm³/mol. The Hall–Kier alpha value is -2.56. The van der Waals surface area contributed by atoms with Crippen LogP contribution in [0.3, 0.4) is 0 Å². The number of carbonyl (C=O) groups excluding carboxylic acids is 2. The summed E-state index contributed by atoms with van der Waals surface area (Å²) in [5.74, 6) is 0.127. The molecule has 0 aromatic heterocycles. The lowest BCUT2D eigenvalue weighted by Gasteiger charge is -2.27. The molecule has 0 saturated heterocycles. The molecule has 0 bridgehead atoms. The van der Waals surface area contributed by atoms with Crippen LogP contribution in [0.15, 0.2) is 41.7 Å². The van der Waals surface area contributed by atoms with Gasteiger partial charge in [-0.3, -0.25) is 9.59 Å². The van der Waals surface area contributed by atoms with Crippen molar-refractivity contribution in [2.24, 2.45) is 5.92 Å². The largest absolute Gasteiger partial charge is 0.508 e. The fraction of sp³-hybridized carbons (Fsp3) is 0.250. The molecule has 1 aromatic rings. The van der Waals surface area contributed by atoms with E-state index in [1.807, 2.05) is 0 Å². The Morgan fingerprint density at radius 1 is 1.24 bits per heavy atom. The first kappa shape index (κ1) is 13.4. The Morgan fingerprint density at radius 2 is 2.05 bits per heavy atom. The Kier molecular flexibility index (Phi) is 3.25. The van der Waals surface area contributed by atoms with Crippen molar-refractivity contribution in [3.8, 4) is 11.5 Å². The average molecular weight is 286 g/mol. The van der Waals surface area contributed by atoms with Crippen LogP contribution in [0.5, 0.6) is 11.5 Å². The molecule has 5 nitrogen and oxygen atoms in total. The molecular formula is C16H14O5. The van der Waals surface area contributed by atoms with Gasteiger partial charge >= 0.3 is 0 Å². The molecule has 0 unspecified atom stereocenters. The quantitative estimate of drug-likeness (QED) is 0.835. The predicted octanol–water partition coefficient (Wildman–Crippen LogP) is 1.55. The molecule has 0 spiro atoms. The van der Waals surface area contributed by atoms with Gasteiger partial charge in [0.25, 0.3) is 0 Å². The molecule has 108 valence electrons. The molecule has 0 fully saturated rings. The number of methoxy groups -OCH3 is 1. The molecule has 1 aliphatic heterocycles. The molecule has 1 N–H and O–H groups in total. The highest BCUT2D eigenvalue weighted by Crippen LogP contribution is 2.34. The Morgan fingerprint density at radius 3 is 2.81 bits per heavy atom. The van der Waals surface area contributed by atoms with Crippen molar-refractivity contribution in [1.82, 2.24) is 0 Å². The highest BCUT2D eigenvalue weighted by molar-refractivity contribution is 6.19. The Bertz CT molecular complexity index is 684. The minimum absolute atomic E-state index is 0.0609. The summed E-state index contributed by atoms with van der Waals surface area (Å²) < 4.78 is 10.5. The zero-order chi connectivity index (χ0) is 15.0. The third kappa shape index (κ3) is 2.42. The summed E-state index contributed by atoms with van der Waals surface area (Å²) in [5.41, 5.74) is 1.35. The standard InChI is InChI=1S/C16H14O5/c1-20-16-7-13(18)12(6-14(16)19)10-4-9-2-3-11(17)5-15(9)21-8-10/h2-3,5-7,10,17H,4,8H2,1H3/t10-/m0/s1. The number of ketones is 2. The number of allylic oxidation sites excluding steroid dienone is 2. The zero-order valence-electron chi connectivity index (χ0n) is 11.5. The molecule has 3 rings (SSSR count). The molecule has 1 atom stereocenters. The SMILES string of the molecule is COC1=CC(=O)C([C@@H]2COc3cc(O)ccc3C2)=CC1=O. The van der Waals surface area contributed by atoms with Crippen LogP contribution in [0.2, 0.25) is 0 Å². The fourth-order valence-electron chi connectivity index (χ4n) is 2.60. The second-order valence-corrected chi connectivity index (χ2v) is 5.04. The van der Waals surface area contributed by atoms with E-state index >= 15 is 0 Å². The lowest BCUT2D eigenvalue weighted by molar-refractivity contribution is -0.117. The van der Waals surface area contributed by atoms with Gasteiger partial charge in [0.2, 0.25) is 5.78 Å². The van der Waals surface area contributed by atoms with E-state index in [2.05, 4.69) is 0 Å². The zero-order valence-corrected chi connectivity index (χ0v) is 11.5. The van der Waals surface area contributed by atoms with Crippen molar-refractivity contribution in [3.05, 3.63) is 47.2 Å². The number of hydrogen-bond acceptors (Lipinski definition) is 5. The minimum atomic E-state index is -0.302. The van der Waals surface area contributed by atoms with Gasteiger partial charge in [0.05, 0.1) is 13.7 Å². The van der Waals surface area contributed by atoms with Crippen molar-refractivity contribution in [3.63, 3.8) is 0 Å². The van der Waals surface area contributed by atoms with Gasteiger partial charge in [-0.15, -0.1) is 0 Å². The summed E-state index contributed by atoms with van der Waals surface area (Å²) in [6.45, 7) is 0.303.